The first-order valence-electron chi connectivity index (χ1n) is 11.1. The summed E-state index contributed by atoms with van der Waals surface area (Å²) in [4.78, 5) is 20.8. The van der Waals surface area contributed by atoms with Gasteiger partial charge >= 0.3 is 0 Å². The molecule has 166 valence electrons. The Hall–Kier alpha value is -3.29. The quantitative estimate of drug-likeness (QED) is 0.473. The zero-order chi connectivity index (χ0) is 22.1. The summed E-state index contributed by atoms with van der Waals surface area (Å²) in [5.74, 6) is 0.807. The van der Waals surface area contributed by atoms with E-state index in [2.05, 4.69) is 21.8 Å². The van der Waals surface area contributed by atoms with E-state index in [1.165, 1.54) is 0 Å². The minimum atomic E-state index is -0.560. The maximum Gasteiger partial charge on any atom is 0.255 e. The molecule has 0 aliphatic carbocycles. The summed E-state index contributed by atoms with van der Waals surface area (Å²) in [7, 11) is 2.17. The molecule has 1 aliphatic rings. The van der Waals surface area contributed by atoms with Crippen molar-refractivity contribution in [2.24, 2.45) is 0 Å². The molecule has 2 aromatic heterocycles. The molecule has 1 saturated heterocycles. The molecule has 1 fully saturated rings. The summed E-state index contributed by atoms with van der Waals surface area (Å²) in [5, 5.41) is 14.1. The highest BCUT2D eigenvalue weighted by Crippen LogP contribution is 2.27. The molecular formula is C25H27N4O3-. The predicted molar refractivity (Wildman–Crippen MR) is 128 cm³/mol. The van der Waals surface area contributed by atoms with Crippen molar-refractivity contribution in [2.75, 3.05) is 46.4 Å². The number of ether oxygens (including phenoxy) is 1. The molecule has 4 aromatic rings. The number of piperazine rings is 1. The van der Waals surface area contributed by atoms with Crippen LogP contribution in [0, 0.1) is 5.21 Å². The average molecular weight is 432 g/mol. The topological polar surface area (TPSA) is 76.6 Å². The second kappa shape index (κ2) is 8.68. The maximum absolute atomic E-state index is 12.6. The molecule has 0 unspecified atom stereocenters. The monoisotopic (exact) mass is 431 g/mol. The van der Waals surface area contributed by atoms with Gasteiger partial charge in [0.1, 0.15) is 5.75 Å². The standard InChI is InChI=1S/C25H27N4O3/c1-27-10-12-28(13-11-27)9-4-14-32-20-7-8-22-19(15-20)17-23(26-22)21-16-18-5-2-3-6-24(18)29(31)25(21)30/h2-3,5-8,15-17,26H,4,9-14H2,1H3/q-1. The summed E-state index contributed by atoms with van der Waals surface area (Å²) < 4.78 is 6.44. The first kappa shape index (κ1) is 20.6. The van der Waals surface area contributed by atoms with Crippen LogP contribution in [-0.2, 0) is 0 Å². The number of rotatable bonds is 6. The number of nitrogens with zero attached hydrogens (tertiary/aromatic N) is 3. The van der Waals surface area contributed by atoms with Gasteiger partial charge in [-0.2, -0.15) is 0 Å². The average Bonchev–Trinajstić information content (AvgIpc) is 3.23. The fraction of sp³-hybridized carbons (Fsp3) is 0.320. The van der Waals surface area contributed by atoms with Gasteiger partial charge in [-0.3, -0.25) is 4.79 Å². The highest BCUT2D eigenvalue weighted by molar-refractivity contribution is 5.89. The Morgan fingerprint density at radius 2 is 1.81 bits per heavy atom. The molecule has 0 spiro atoms. The van der Waals surface area contributed by atoms with Crippen LogP contribution in [0.2, 0.25) is 0 Å². The lowest BCUT2D eigenvalue weighted by Crippen LogP contribution is -2.44. The molecular weight excluding hydrogens is 404 g/mol. The number of aromatic amines is 1. The van der Waals surface area contributed by atoms with Crippen molar-refractivity contribution >= 4 is 21.8 Å². The minimum Gasteiger partial charge on any atom is -0.803 e. The Balaban J connectivity index is 1.30. The van der Waals surface area contributed by atoms with Gasteiger partial charge in [0, 0.05) is 49.1 Å². The lowest BCUT2D eigenvalue weighted by Gasteiger charge is -2.32. The van der Waals surface area contributed by atoms with Crippen LogP contribution < -0.4 is 10.3 Å². The zero-order valence-electron chi connectivity index (χ0n) is 18.2. The van der Waals surface area contributed by atoms with Crippen LogP contribution in [0.15, 0.2) is 59.4 Å². The number of para-hydroxylation sites is 1. The van der Waals surface area contributed by atoms with E-state index in [1.807, 2.05) is 36.4 Å². The molecule has 1 aliphatic heterocycles. The Morgan fingerprint density at radius 1 is 1.00 bits per heavy atom. The fourth-order valence-corrected chi connectivity index (χ4v) is 4.32. The molecule has 5 rings (SSSR count). The second-order valence-electron chi connectivity index (χ2n) is 8.50. The summed E-state index contributed by atoms with van der Waals surface area (Å²) in [6.07, 6.45) is 0.986. The lowest BCUT2D eigenvalue weighted by molar-refractivity contribution is 0.145. The summed E-state index contributed by atoms with van der Waals surface area (Å²) >= 11 is 0. The highest BCUT2D eigenvalue weighted by atomic mass is 16.5. The first-order valence-corrected chi connectivity index (χ1v) is 11.1. The largest absolute Gasteiger partial charge is 0.803 e. The van der Waals surface area contributed by atoms with Gasteiger partial charge in [0.15, 0.2) is 0 Å². The molecule has 0 radical (unpaired) electrons. The van der Waals surface area contributed by atoms with Crippen LogP contribution in [0.1, 0.15) is 6.42 Å². The van der Waals surface area contributed by atoms with Crippen molar-refractivity contribution in [3.05, 3.63) is 70.2 Å². The van der Waals surface area contributed by atoms with Crippen molar-refractivity contribution < 1.29 is 4.74 Å². The fourth-order valence-electron chi connectivity index (χ4n) is 4.32. The van der Waals surface area contributed by atoms with E-state index in [0.29, 0.717) is 28.1 Å². The van der Waals surface area contributed by atoms with Gasteiger partial charge in [-0.15, -0.1) is 0 Å². The number of pyridine rings is 1. The smallest absolute Gasteiger partial charge is 0.255 e. The van der Waals surface area contributed by atoms with Crippen molar-refractivity contribution in [3.63, 3.8) is 0 Å². The Kier molecular flexibility index (Phi) is 5.59. The molecule has 7 heteroatoms. The van der Waals surface area contributed by atoms with E-state index in [1.54, 1.807) is 18.2 Å². The van der Waals surface area contributed by atoms with Crippen molar-refractivity contribution in [3.8, 4) is 17.0 Å². The van der Waals surface area contributed by atoms with Gasteiger partial charge < -0.3 is 29.5 Å². The van der Waals surface area contributed by atoms with Crippen molar-refractivity contribution in [1.29, 1.82) is 0 Å². The Labute approximate surface area is 186 Å². The van der Waals surface area contributed by atoms with Gasteiger partial charge in [0.2, 0.25) is 0 Å². The van der Waals surface area contributed by atoms with Crippen LogP contribution in [0.5, 0.6) is 5.75 Å². The van der Waals surface area contributed by atoms with E-state index in [4.69, 9.17) is 4.74 Å². The van der Waals surface area contributed by atoms with Gasteiger partial charge in [0.05, 0.1) is 17.9 Å². The lowest BCUT2D eigenvalue weighted by atomic mass is 10.1. The molecule has 0 saturated carbocycles. The number of likely N-dealkylation sites (N-methyl/N-ethyl adjacent to an activating group) is 1. The third kappa shape index (κ3) is 4.09. The third-order valence-corrected chi connectivity index (χ3v) is 6.24. The number of hydrogen-bond acceptors (Lipinski definition) is 5. The molecule has 0 atom stereocenters. The Bertz CT molecular complexity index is 1300. The van der Waals surface area contributed by atoms with Gasteiger partial charge in [0.25, 0.3) is 5.56 Å². The molecule has 0 bridgehead atoms. The molecule has 32 heavy (non-hydrogen) atoms. The third-order valence-electron chi connectivity index (χ3n) is 6.24. The number of aromatic nitrogens is 2. The van der Waals surface area contributed by atoms with E-state index in [9.17, 15) is 10.0 Å². The summed E-state index contributed by atoms with van der Waals surface area (Å²) in [6.45, 7) is 6.21. The minimum absolute atomic E-state index is 0.365. The van der Waals surface area contributed by atoms with Gasteiger partial charge in [-0.05, 0) is 55.3 Å². The summed E-state index contributed by atoms with van der Waals surface area (Å²) in [6, 6.07) is 16.6. The van der Waals surface area contributed by atoms with Gasteiger partial charge in [-0.25, -0.2) is 0 Å². The van der Waals surface area contributed by atoms with Crippen LogP contribution >= 0.6 is 0 Å². The highest BCUT2D eigenvalue weighted by Gasteiger charge is 2.13. The maximum atomic E-state index is 12.6. The van der Waals surface area contributed by atoms with E-state index < -0.39 is 5.56 Å². The van der Waals surface area contributed by atoms with E-state index in [0.717, 1.165) is 61.2 Å². The van der Waals surface area contributed by atoms with Crippen molar-refractivity contribution in [2.45, 2.75) is 6.42 Å². The number of nitrogens with one attached hydrogen (secondary N) is 1. The normalized spacial score (nSPS) is 15.5. The number of H-pyrrole nitrogens is 1. The molecule has 1 N–H and O–H groups in total. The van der Waals surface area contributed by atoms with Gasteiger partial charge in [-0.1, -0.05) is 18.2 Å². The molecule has 3 heterocycles. The number of hydrogen-bond donors (Lipinski definition) is 1. The zero-order valence-corrected chi connectivity index (χ0v) is 18.2. The predicted octanol–water partition coefficient (Wildman–Crippen LogP) is 3.51. The van der Waals surface area contributed by atoms with Crippen LogP contribution in [0.3, 0.4) is 0 Å². The molecule has 2 aromatic carbocycles. The molecule has 7 nitrogen and oxygen atoms in total. The summed E-state index contributed by atoms with van der Waals surface area (Å²) in [5.41, 5.74) is 1.71. The Morgan fingerprint density at radius 3 is 2.66 bits per heavy atom. The van der Waals surface area contributed by atoms with Crippen LogP contribution in [0.4, 0.5) is 0 Å². The van der Waals surface area contributed by atoms with E-state index >= 15 is 0 Å². The SMILES string of the molecule is CN1CCN(CCCOc2ccc3[nH]c(-c4cc5ccccc5n([O-])c4=O)cc3c2)CC1. The van der Waals surface area contributed by atoms with Crippen molar-refractivity contribution in [1.82, 2.24) is 19.5 Å². The number of benzene rings is 2. The molecule has 0 amide bonds. The van der Waals surface area contributed by atoms with Crippen LogP contribution in [-0.4, -0.2) is 65.9 Å². The van der Waals surface area contributed by atoms with Crippen LogP contribution in [0.25, 0.3) is 33.1 Å². The second-order valence-corrected chi connectivity index (χ2v) is 8.50. The van der Waals surface area contributed by atoms with E-state index in [-0.39, 0.29) is 0 Å². The first-order chi connectivity index (χ1) is 15.6. The number of fused-ring (bicyclic) bond motifs is 2.